The van der Waals surface area contributed by atoms with Crippen LogP contribution in [0.3, 0.4) is 0 Å². The van der Waals surface area contributed by atoms with Crippen molar-refractivity contribution in [2.75, 3.05) is 31.6 Å². The Kier molecular flexibility index (Phi) is 6.53. The minimum atomic E-state index is -0.00529. The number of urea groups is 1. The van der Waals surface area contributed by atoms with E-state index < -0.39 is 0 Å². The Hall–Kier alpha value is -2.49. The van der Waals surface area contributed by atoms with Crippen LogP contribution in [0.5, 0.6) is 0 Å². The van der Waals surface area contributed by atoms with Crippen LogP contribution in [0.15, 0.2) is 54.6 Å². The lowest BCUT2D eigenvalue weighted by molar-refractivity contribution is 0.207. The Morgan fingerprint density at radius 2 is 1.73 bits per heavy atom. The van der Waals surface area contributed by atoms with Crippen LogP contribution >= 0.6 is 0 Å². The van der Waals surface area contributed by atoms with Gasteiger partial charge in [-0.15, -0.1) is 0 Å². The molecule has 1 aliphatic rings. The highest BCUT2D eigenvalue weighted by atomic mass is 16.2. The van der Waals surface area contributed by atoms with Gasteiger partial charge in [0.25, 0.3) is 0 Å². The number of carbonyl (C=O) groups is 1. The number of carbonyl (C=O) groups excluding carboxylic acids is 1. The van der Waals surface area contributed by atoms with Gasteiger partial charge in [-0.05, 0) is 42.9 Å². The third-order valence-corrected chi connectivity index (χ3v) is 4.95. The topological polar surface area (TPSA) is 35.6 Å². The van der Waals surface area contributed by atoms with E-state index in [0.29, 0.717) is 13.1 Å². The summed E-state index contributed by atoms with van der Waals surface area (Å²) in [6.45, 7) is 3.57. The minimum absolute atomic E-state index is 0.00529. The summed E-state index contributed by atoms with van der Waals surface area (Å²) < 4.78 is 0. The molecule has 3 rings (SSSR count). The number of benzene rings is 2. The molecule has 0 atom stereocenters. The average molecular weight is 351 g/mol. The van der Waals surface area contributed by atoms with E-state index in [1.165, 1.54) is 29.7 Å². The molecule has 0 aliphatic carbocycles. The minimum Gasteiger partial charge on any atom is -0.371 e. The Morgan fingerprint density at radius 3 is 2.50 bits per heavy atom. The summed E-state index contributed by atoms with van der Waals surface area (Å²) in [7, 11) is 1.87. The van der Waals surface area contributed by atoms with Crippen LogP contribution in [-0.4, -0.2) is 37.6 Å². The summed E-state index contributed by atoms with van der Waals surface area (Å²) in [6, 6.07) is 18.8. The average Bonchev–Trinajstić information content (AvgIpc) is 3.21. The molecule has 138 valence electrons. The molecule has 0 saturated carbocycles. The lowest BCUT2D eigenvalue weighted by Crippen LogP contribution is -2.37. The third kappa shape index (κ3) is 5.01. The van der Waals surface area contributed by atoms with Crippen LogP contribution in [-0.2, 0) is 13.0 Å². The van der Waals surface area contributed by atoms with Gasteiger partial charge in [0.2, 0.25) is 0 Å². The third-order valence-electron chi connectivity index (χ3n) is 4.95. The molecular weight excluding hydrogens is 322 g/mol. The first-order chi connectivity index (χ1) is 12.7. The predicted octanol–water partition coefficient (Wildman–Crippen LogP) is 4.06. The first kappa shape index (κ1) is 18.3. The second-order valence-electron chi connectivity index (χ2n) is 7.00. The van der Waals surface area contributed by atoms with Crippen LogP contribution in [0.2, 0.25) is 0 Å². The second-order valence-corrected chi connectivity index (χ2v) is 7.00. The monoisotopic (exact) mass is 351 g/mol. The first-order valence-electron chi connectivity index (χ1n) is 9.60. The Morgan fingerprint density at radius 1 is 1.04 bits per heavy atom. The summed E-state index contributed by atoms with van der Waals surface area (Å²) in [5.41, 5.74) is 3.81. The van der Waals surface area contributed by atoms with E-state index in [1.807, 2.05) is 13.1 Å². The maximum atomic E-state index is 12.4. The number of hydrogen-bond acceptors (Lipinski definition) is 2. The zero-order chi connectivity index (χ0) is 18.2. The van der Waals surface area contributed by atoms with Gasteiger partial charge >= 0.3 is 6.03 Å². The van der Waals surface area contributed by atoms with Crippen molar-refractivity contribution in [2.24, 2.45) is 0 Å². The number of nitrogens with one attached hydrogen (secondary N) is 1. The maximum absolute atomic E-state index is 12.4. The standard InChI is InChI=1S/C22H29N3O/c1-24(22(26)23-15-9-12-19-10-3-2-4-11-19)18-20-13-5-6-14-21(20)25-16-7-8-17-25/h2-6,10-11,13-14H,7-9,12,15-18H2,1H3,(H,23,26). The molecule has 1 saturated heterocycles. The van der Waals surface area contributed by atoms with E-state index in [2.05, 4.69) is 58.7 Å². The van der Waals surface area contributed by atoms with Crippen molar-refractivity contribution in [1.82, 2.24) is 10.2 Å². The highest BCUT2D eigenvalue weighted by molar-refractivity contribution is 5.74. The van der Waals surface area contributed by atoms with Gasteiger partial charge in [-0.1, -0.05) is 48.5 Å². The van der Waals surface area contributed by atoms with E-state index in [-0.39, 0.29) is 6.03 Å². The van der Waals surface area contributed by atoms with Gasteiger partial charge < -0.3 is 15.1 Å². The summed E-state index contributed by atoms with van der Waals surface area (Å²) in [5.74, 6) is 0. The molecule has 0 unspecified atom stereocenters. The van der Waals surface area contributed by atoms with Crippen molar-refractivity contribution in [3.63, 3.8) is 0 Å². The van der Waals surface area contributed by atoms with Gasteiger partial charge in [-0.3, -0.25) is 0 Å². The van der Waals surface area contributed by atoms with Gasteiger partial charge in [0.15, 0.2) is 0 Å². The van der Waals surface area contributed by atoms with Crippen LogP contribution in [0, 0.1) is 0 Å². The number of aryl methyl sites for hydroxylation is 1. The number of hydrogen-bond donors (Lipinski definition) is 1. The molecule has 4 nitrogen and oxygen atoms in total. The van der Waals surface area contributed by atoms with E-state index in [0.717, 1.165) is 25.9 Å². The normalized spacial score (nSPS) is 13.7. The van der Waals surface area contributed by atoms with Gasteiger partial charge in [0.05, 0.1) is 0 Å². The van der Waals surface area contributed by atoms with Crippen molar-refractivity contribution >= 4 is 11.7 Å². The smallest absolute Gasteiger partial charge is 0.317 e. The number of amides is 2. The van der Waals surface area contributed by atoms with E-state index in [4.69, 9.17) is 0 Å². The molecule has 2 aromatic rings. The van der Waals surface area contributed by atoms with Gasteiger partial charge in [0.1, 0.15) is 0 Å². The molecule has 26 heavy (non-hydrogen) atoms. The Bertz CT molecular complexity index is 696. The summed E-state index contributed by atoms with van der Waals surface area (Å²) >= 11 is 0. The fraction of sp³-hybridized carbons (Fsp3) is 0.409. The lowest BCUT2D eigenvalue weighted by atomic mass is 10.1. The van der Waals surface area contributed by atoms with E-state index in [1.54, 1.807) is 4.90 Å². The molecule has 4 heteroatoms. The molecule has 1 heterocycles. The van der Waals surface area contributed by atoms with Gasteiger partial charge in [-0.25, -0.2) is 4.79 Å². The maximum Gasteiger partial charge on any atom is 0.317 e. The fourth-order valence-electron chi connectivity index (χ4n) is 3.51. The molecule has 0 bridgehead atoms. The number of para-hydroxylation sites is 1. The van der Waals surface area contributed by atoms with E-state index >= 15 is 0 Å². The molecule has 0 radical (unpaired) electrons. The molecule has 2 amide bonds. The van der Waals surface area contributed by atoms with Crippen LogP contribution in [0.1, 0.15) is 30.4 Å². The second kappa shape index (κ2) is 9.27. The van der Waals surface area contributed by atoms with Gasteiger partial charge in [0, 0.05) is 38.9 Å². The number of nitrogens with zero attached hydrogens (tertiary/aromatic N) is 2. The Labute approximate surface area is 156 Å². The molecular formula is C22H29N3O. The zero-order valence-corrected chi connectivity index (χ0v) is 15.7. The molecule has 1 aliphatic heterocycles. The molecule has 1 fully saturated rings. The summed E-state index contributed by atoms with van der Waals surface area (Å²) in [4.78, 5) is 16.6. The summed E-state index contributed by atoms with van der Waals surface area (Å²) in [5, 5.41) is 3.04. The first-order valence-corrected chi connectivity index (χ1v) is 9.60. The number of anilines is 1. The molecule has 1 N–H and O–H groups in total. The van der Waals surface area contributed by atoms with Crippen molar-refractivity contribution < 1.29 is 4.79 Å². The molecule has 0 spiro atoms. The van der Waals surface area contributed by atoms with Crippen molar-refractivity contribution in [3.8, 4) is 0 Å². The van der Waals surface area contributed by atoms with Crippen LogP contribution in [0.25, 0.3) is 0 Å². The van der Waals surface area contributed by atoms with Crippen molar-refractivity contribution in [1.29, 1.82) is 0 Å². The van der Waals surface area contributed by atoms with Crippen LogP contribution < -0.4 is 10.2 Å². The SMILES string of the molecule is CN(Cc1ccccc1N1CCCC1)C(=O)NCCCc1ccccc1. The highest BCUT2D eigenvalue weighted by Gasteiger charge is 2.17. The predicted molar refractivity (Wildman–Crippen MR) is 108 cm³/mol. The van der Waals surface area contributed by atoms with Crippen LogP contribution in [0.4, 0.5) is 10.5 Å². The summed E-state index contributed by atoms with van der Waals surface area (Å²) in [6.07, 6.45) is 4.45. The van der Waals surface area contributed by atoms with Crippen molar-refractivity contribution in [3.05, 3.63) is 65.7 Å². The van der Waals surface area contributed by atoms with Crippen molar-refractivity contribution in [2.45, 2.75) is 32.2 Å². The largest absolute Gasteiger partial charge is 0.371 e. The van der Waals surface area contributed by atoms with E-state index in [9.17, 15) is 4.79 Å². The van der Waals surface area contributed by atoms with Gasteiger partial charge in [-0.2, -0.15) is 0 Å². The number of rotatable bonds is 7. The Balaban J connectivity index is 1.47. The molecule has 0 aromatic heterocycles. The lowest BCUT2D eigenvalue weighted by Gasteiger charge is -2.24. The molecule has 2 aromatic carbocycles. The zero-order valence-electron chi connectivity index (χ0n) is 15.7. The highest BCUT2D eigenvalue weighted by Crippen LogP contribution is 2.25. The fourth-order valence-corrected chi connectivity index (χ4v) is 3.51. The quantitative estimate of drug-likeness (QED) is 0.764.